The van der Waals surface area contributed by atoms with E-state index in [-0.39, 0.29) is 18.9 Å². The van der Waals surface area contributed by atoms with E-state index in [4.69, 9.17) is 4.42 Å². The molecule has 12 heavy (non-hydrogen) atoms. The second kappa shape index (κ2) is 3.45. The molecule has 0 saturated heterocycles. The van der Waals surface area contributed by atoms with Crippen LogP contribution in [0.4, 0.5) is 0 Å². The average Bonchev–Trinajstić information content (AvgIpc) is 2.06. The van der Waals surface area contributed by atoms with Gasteiger partial charge in [-0.25, -0.2) is 0 Å². The first-order valence-electron chi connectivity index (χ1n) is 3.34. The number of rotatable bonds is 0. The highest BCUT2D eigenvalue weighted by atomic mass is 32.1. The lowest BCUT2D eigenvalue weighted by Gasteiger charge is -1.91. The highest BCUT2D eigenvalue weighted by Gasteiger charge is 1.95. The first-order valence-corrected chi connectivity index (χ1v) is 3.34. The minimum absolute atomic E-state index is 0. The van der Waals surface area contributed by atoms with E-state index in [0.717, 1.165) is 0 Å². The van der Waals surface area contributed by atoms with Gasteiger partial charge in [0.15, 0.2) is 5.43 Å². The first-order chi connectivity index (χ1) is 5.38. The van der Waals surface area contributed by atoms with E-state index in [2.05, 4.69) is 0 Å². The molecule has 0 aliphatic rings. The fraction of sp³-hybridized carbons (Fsp3) is 0. The van der Waals surface area contributed by atoms with Gasteiger partial charge in [-0.05, 0) is 12.1 Å². The fourth-order valence-corrected chi connectivity index (χ4v) is 1.03. The molecule has 2 nitrogen and oxygen atoms in total. The molecule has 0 fully saturated rings. The van der Waals surface area contributed by atoms with Crippen molar-refractivity contribution in [3.63, 3.8) is 0 Å². The molecule has 0 unspecified atom stereocenters. The number of fused-ring (bicyclic) bond motifs is 1. The lowest BCUT2D eigenvalue weighted by atomic mass is 10.2. The summed E-state index contributed by atoms with van der Waals surface area (Å²) in [6, 6.07) is 8.60. The maximum Gasteiger partial charge on any atom is 0.192 e. The molecule has 1 aromatic heterocycles. The van der Waals surface area contributed by atoms with E-state index in [1.165, 1.54) is 12.3 Å². The number of hydrogen-bond donors (Lipinski definition) is 0. The third-order valence-electron chi connectivity index (χ3n) is 1.57. The van der Waals surface area contributed by atoms with Crippen molar-refractivity contribution in [2.24, 2.45) is 0 Å². The second-order valence-electron chi connectivity index (χ2n) is 2.28. The molecule has 0 aliphatic carbocycles. The highest BCUT2D eigenvalue weighted by molar-refractivity contribution is 7.59. The van der Waals surface area contributed by atoms with Crippen LogP contribution < -0.4 is 5.43 Å². The molecule has 0 bridgehead atoms. The van der Waals surface area contributed by atoms with Gasteiger partial charge in [-0.1, -0.05) is 12.1 Å². The monoisotopic (exact) mass is 180 g/mol. The topological polar surface area (TPSA) is 30.2 Å². The van der Waals surface area contributed by atoms with Crippen LogP contribution in [0.2, 0.25) is 0 Å². The van der Waals surface area contributed by atoms with Crippen molar-refractivity contribution in [2.75, 3.05) is 0 Å². The molecule has 2 rings (SSSR count). The summed E-state index contributed by atoms with van der Waals surface area (Å²) in [4.78, 5) is 11.1. The zero-order chi connectivity index (χ0) is 7.68. The summed E-state index contributed by atoms with van der Waals surface area (Å²) < 4.78 is 5.09. The summed E-state index contributed by atoms with van der Waals surface area (Å²) >= 11 is 0. The van der Waals surface area contributed by atoms with E-state index in [1.807, 2.05) is 12.1 Å². The van der Waals surface area contributed by atoms with Crippen molar-refractivity contribution in [1.82, 2.24) is 0 Å². The number of benzene rings is 1. The van der Waals surface area contributed by atoms with Crippen LogP contribution in [-0.4, -0.2) is 0 Å². The Kier molecular flexibility index (Phi) is 2.55. The summed E-state index contributed by atoms with van der Waals surface area (Å²) in [7, 11) is 0. The van der Waals surface area contributed by atoms with E-state index in [0.29, 0.717) is 11.0 Å². The van der Waals surface area contributed by atoms with Crippen LogP contribution in [0.15, 0.2) is 45.8 Å². The maximum atomic E-state index is 11.1. The molecule has 0 spiro atoms. The van der Waals surface area contributed by atoms with E-state index < -0.39 is 0 Å². The third kappa shape index (κ3) is 1.36. The molecule has 0 radical (unpaired) electrons. The van der Waals surface area contributed by atoms with Crippen molar-refractivity contribution >= 4 is 24.5 Å². The third-order valence-corrected chi connectivity index (χ3v) is 1.57. The quantitative estimate of drug-likeness (QED) is 0.620. The Labute approximate surface area is 76.3 Å². The molecule has 1 aromatic carbocycles. The molecule has 0 atom stereocenters. The van der Waals surface area contributed by atoms with Gasteiger partial charge in [-0.2, -0.15) is 13.5 Å². The van der Waals surface area contributed by atoms with Gasteiger partial charge in [0.25, 0.3) is 0 Å². The van der Waals surface area contributed by atoms with E-state index >= 15 is 0 Å². The van der Waals surface area contributed by atoms with Gasteiger partial charge in [0.2, 0.25) is 0 Å². The Morgan fingerprint density at radius 2 is 1.83 bits per heavy atom. The van der Waals surface area contributed by atoms with Crippen molar-refractivity contribution in [1.29, 1.82) is 0 Å². The van der Waals surface area contributed by atoms with Crippen LogP contribution in [-0.2, 0) is 0 Å². The molecule has 1 heterocycles. The lowest BCUT2D eigenvalue weighted by Crippen LogP contribution is -1.96. The molecule has 0 N–H and O–H groups in total. The first kappa shape index (κ1) is 8.87. The Morgan fingerprint density at radius 1 is 1.08 bits per heavy atom. The SMILES string of the molecule is O=c1ccoc2ccccc12.S. The second-order valence-corrected chi connectivity index (χ2v) is 2.28. The molecular weight excluding hydrogens is 172 g/mol. The zero-order valence-electron chi connectivity index (χ0n) is 6.28. The molecular formula is C9H8O2S. The number of hydrogen-bond acceptors (Lipinski definition) is 2. The fourth-order valence-electron chi connectivity index (χ4n) is 1.03. The van der Waals surface area contributed by atoms with Crippen LogP contribution in [0.1, 0.15) is 0 Å². The maximum absolute atomic E-state index is 11.1. The summed E-state index contributed by atoms with van der Waals surface area (Å²) in [5.41, 5.74) is 0.645. The van der Waals surface area contributed by atoms with Gasteiger partial charge in [-0.3, -0.25) is 4.79 Å². The summed E-state index contributed by atoms with van der Waals surface area (Å²) in [6.45, 7) is 0. The van der Waals surface area contributed by atoms with Crippen LogP contribution in [0.3, 0.4) is 0 Å². The predicted molar refractivity (Wildman–Crippen MR) is 52.9 cm³/mol. The van der Waals surface area contributed by atoms with Gasteiger partial charge >= 0.3 is 0 Å². The highest BCUT2D eigenvalue weighted by Crippen LogP contribution is 2.06. The van der Waals surface area contributed by atoms with E-state index in [9.17, 15) is 4.79 Å². The van der Waals surface area contributed by atoms with Crippen LogP contribution in [0.25, 0.3) is 11.0 Å². The Hall–Kier alpha value is -1.22. The minimum atomic E-state index is 0. The number of para-hydroxylation sites is 1. The average molecular weight is 180 g/mol. The molecule has 0 amide bonds. The van der Waals surface area contributed by atoms with Crippen molar-refractivity contribution in [2.45, 2.75) is 0 Å². The van der Waals surface area contributed by atoms with Gasteiger partial charge in [-0.15, -0.1) is 0 Å². The molecule has 2 aromatic rings. The Bertz CT molecular complexity index is 428. The lowest BCUT2D eigenvalue weighted by molar-refractivity contribution is 0.602. The van der Waals surface area contributed by atoms with Crippen LogP contribution >= 0.6 is 13.5 Å². The van der Waals surface area contributed by atoms with Gasteiger partial charge < -0.3 is 4.42 Å². The van der Waals surface area contributed by atoms with Crippen LogP contribution in [0.5, 0.6) is 0 Å². The van der Waals surface area contributed by atoms with Crippen molar-refractivity contribution < 1.29 is 4.42 Å². The summed E-state index contributed by atoms with van der Waals surface area (Å²) in [6.07, 6.45) is 1.41. The minimum Gasteiger partial charge on any atom is -0.464 e. The standard InChI is InChI=1S/C9H6O2.H2S/c10-8-5-6-11-9-4-2-1-3-7(8)9;/h1-6H;1H2. The van der Waals surface area contributed by atoms with E-state index in [1.54, 1.807) is 12.1 Å². The summed E-state index contributed by atoms with van der Waals surface area (Å²) in [5.74, 6) is 0. The van der Waals surface area contributed by atoms with Gasteiger partial charge in [0.1, 0.15) is 5.58 Å². The van der Waals surface area contributed by atoms with Gasteiger partial charge in [0.05, 0.1) is 11.6 Å². The van der Waals surface area contributed by atoms with Crippen LogP contribution in [0, 0.1) is 0 Å². The zero-order valence-corrected chi connectivity index (χ0v) is 7.28. The Morgan fingerprint density at radius 3 is 2.58 bits per heavy atom. The summed E-state index contributed by atoms with van der Waals surface area (Å²) in [5, 5.41) is 0.634. The molecule has 0 aliphatic heterocycles. The van der Waals surface area contributed by atoms with Crippen molar-refractivity contribution in [3.8, 4) is 0 Å². The van der Waals surface area contributed by atoms with Gasteiger partial charge in [0, 0.05) is 6.07 Å². The predicted octanol–water partition coefficient (Wildman–Crippen LogP) is 1.91. The van der Waals surface area contributed by atoms with Crippen molar-refractivity contribution in [3.05, 3.63) is 46.8 Å². The Balaban J connectivity index is 0.000000720. The molecule has 0 saturated carbocycles. The molecule has 3 heteroatoms. The smallest absolute Gasteiger partial charge is 0.192 e. The normalized spacial score (nSPS) is 9.33. The largest absolute Gasteiger partial charge is 0.464 e. The molecule has 62 valence electrons.